The maximum atomic E-state index is 6.11. The van der Waals surface area contributed by atoms with Gasteiger partial charge in [0.2, 0.25) is 0 Å². The molecule has 0 aromatic carbocycles. The van der Waals surface area contributed by atoms with E-state index in [0.717, 1.165) is 24.0 Å². The average Bonchev–Trinajstić information content (AvgIpc) is 2.51. The Kier molecular flexibility index (Phi) is 3.76. The standard InChI is InChI=1S/C15H24BNO2/c1-7-8-13-11(2)12(9-10-17-13)16-18-14(3,4)15(5,6)19-16/h9-10H,7-8H2,1-6H3. The molecule has 0 radical (unpaired) electrons. The normalized spacial score (nSPS) is 20.8. The lowest BCUT2D eigenvalue weighted by atomic mass is 9.76. The number of aromatic nitrogens is 1. The predicted octanol–water partition coefficient (Wildman–Crippen LogP) is 2.64. The van der Waals surface area contributed by atoms with Crippen molar-refractivity contribution >= 4 is 12.6 Å². The van der Waals surface area contributed by atoms with Crippen LogP contribution in [0, 0.1) is 6.92 Å². The fourth-order valence-corrected chi connectivity index (χ4v) is 2.31. The lowest BCUT2D eigenvalue weighted by molar-refractivity contribution is 0.00578. The summed E-state index contributed by atoms with van der Waals surface area (Å²) in [6.07, 6.45) is 3.96. The molecule has 0 atom stereocenters. The van der Waals surface area contributed by atoms with E-state index in [1.165, 1.54) is 5.56 Å². The molecule has 0 bridgehead atoms. The second kappa shape index (κ2) is 4.91. The number of hydrogen-bond acceptors (Lipinski definition) is 3. The van der Waals surface area contributed by atoms with Gasteiger partial charge in [0.1, 0.15) is 0 Å². The van der Waals surface area contributed by atoms with E-state index in [4.69, 9.17) is 9.31 Å². The van der Waals surface area contributed by atoms with Crippen LogP contribution < -0.4 is 5.46 Å². The molecule has 0 amide bonds. The number of pyridine rings is 1. The molecule has 104 valence electrons. The second-order valence-electron chi connectivity index (χ2n) is 6.31. The SMILES string of the molecule is CCCc1nccc(B2OC(C)(C)C(C)(C)O2)c1C. The van der Waals surface area contributed by atoms with Gasteiger partial charge < -0.3 is 9.31 Å². The van der Waals surface area contributed by atoms with Gasteiger partial charge in [0.15, 0.2) is 0 Å². The Balaban J connectivity index is 2.32. The van der Waals surface area contributed by atoms with Gasteiger partial charge in [0, 0.05) is 11.9 Å². The average molecular weight is 261 g/mol. The topological polar surface area (TPSA) is 31.4 Å². The zero-order valence-electron chi connectivity index (χ0n) is 12.9. The van der Waals surface area contributed by atoms with Crippen LogP contribution in [-0.2, 0) is 15.7 Å². The van der Waals surface area contributed by atoms with Gasteiger partial charge in [-0.25, -0.2) is 0 Å². The molecular weight excluding hydrogens is 237 g/mol. The first kappa shape index (κ1) is 14.5. The highest BCUT2D eigenvalue weighted by atomic mass is 16.7. The van der Waals surface area contributed by atoms with Gasteiger partial charge in [-0.1, -0.05) is 13.3 Å². The largest absolute Gasteiger partial charge is 0.495 e. The molecule has 4 heteroatoms. The van der Waals surface area contributed by atoms with Crippen LogP contribution in [0.1, 0.15) is 52.3 Å². The van der Waals surface area contributed by atoms with Crippen molar-refractivity contribution in [1.29, 1.82) is 0 Å². The van der Waals surface area contributed by atoms with E-state index in [2.05, 4.69) is 46.5 Å². The molecule has 0 aliphatic carbocycles. The number of aryl methyl sites for hydroxylation is 1. The maximum Gasteiger partial charge on any atom is 0.495 e. The lowest BCUT2D eigenvalue weighted by Crippen LogP contribution is -2.41. The molecule has 1 aromatic heterocycles. The van der Waals surface area contributed by atoms with Gasteiger partial charge in [0.05, 0.1) is 11.2 Å². The third kappa shape index (κ3) is 2.56. The maximum absolute atomic E-state index is 6.11. The quantitative estimate of drug-likeness (QED) is 0.784. The molecule has 0 spiro atoms. The van der Waals surface area contributed by atoms with E-state index in [-0.39, 0.29) is 18.3 Å². The zero-order chi connectivity index (χ0) is 14.3. The summed E-state index contributed by atoms with van der Waals surface area (Å²) >= 11 is 0. The Morgan fingerprint density at radius 1 is 1.16 bits per heavy atom. The monoisotopic (exact) mass is 261 g/mol. The number of rotatable bonds is 3. The van der Waals surface area contributed by atoms with Gasteiger partial charge in [-0.05, 0) is 58.1 Å². The minimum atomic E-state index is -0.293. The zero-order valence-corrected chi connectivity index (χ0v) is 12.9. The summed E-state index contributed by atoms with van der Waals surface area (Å²) < 4.78 is 12.2. The number of hydrogen-bond donors (Lipinski definition) is 0. The van der Waals surface area contributed by atoms with Crippen molar-refractivity contribution in [2.24, 2.45) is 0 Å². The molecule has 1 aliphatic heterocycles. The van der Waals surface area contributed by atoms with Crippen molar-refractivity contribution in [3.63, 3.8) is 0 Å². The third-order valence-electron chi connectivity index (χ3n) is 4.34. The first-order valence-electron chi connectivity index (χ1n) is 7.08. The van der Waals surface area contributed by atoms with E-state index in [0.29, 0.717) is 0 Å². The van der Waals surface area contributed by atoms with Gasteiger partial charge in [0.25, 0.3) is 0 Å². The summed E-state index contributed by atoms with van der Waals surface area (Å²) in [4.78, 5) is 4.46. The summed E-state index contributed by atoms with van der Waals surface area (Å²) in [5.74, 6) is 0. The predicted molar refractivity (Wildman–Crippen MR) is 78.7 cm³/mol. The molecule has 1 aromatic rings. The molecule has 0 saturated carbocycles. The molecule has 1 fully saturated rings. The molecule has 0 unspecified atom stereocenters. The van der Waals surface area contributed by atoms with Crippen LogP contribution in [0.15, 0.2) is 12.3 Å². The van der Waals surface area contributed by atoms with Crippen molar-refractivity contribution in [2.75, 3.05) is 0 Å². The number of nitrogens with zero attached hydrogens (tertiary/aromatic N) is 1. The fourth-order valence-electron chi connectivity index (χ4n) is 2.31. The summed E-state index contributed by atoms with van der Waals surface area (Å²) in [7, 11) is -0.288. The van der Waals surface area contributed by atoms with E-state index >= 15 is 0 Å². The van der Waals surface area contributed by atoms with Crippen molar-refractivity contribution in [2.45, 2.75) is 65.6 Å². The van der Waals surface area contributed by atoms with E-state index < -0.39 is 0 Å². The molecular formula is C15H24BNO2. The Morgan fingerprint density at radius 2 is 1.74 bits per heavy atom. The van der Waals surface area contributed by atoms with Crippen molar-refractivity contribution < 1.29 is 9.31 Å². The van der Waals surface area contributed by atoms with Gasteiger partial charge in [-0.3, -0.25) is 4.98 Å². The second-order valence-corrected chi connectivity index (χ2v) is 6.31. The van der Waals surface area contributed by atoms with Gasteiger partial charge in [-0.2, -0.15) is 0 Å². The summed E-state index contributed by atoms with van der Waals surface area (Å²) in [5, 5.41) is 0. The Labute approximate surface area is 116 Å². The Hall–Kier alpha value is -0.865. The van der Waals surface area contributed by atoms with E-state index in [1.807, 2.05) is 12.3 Å². The van der Waals surface area contributed by atoms with Gasteiger partial charge in [-0.15, -0.1) is 0 Å². The first-order chi connectivity index (χ1) is 8.78. The van der Waals surface area contributed by atoms with Crippen LogP contribution in [-0.4, -0.2) is 23.3 Å². The highest BCUT2D eigenvalue weighted by Crippen LogP contribution is 2.36. The summed E-state index contributed by atoms with van der Waals surface area (Å²) in [5.41, 5.74) is 2.87. The molecule has 3 nitrogen and oxygen atoms in total. The minimum absolute atomic E-state index is 0.288. The van der Waals surface area contributed by atoms with Crippen LogP contribution in [0.25, 0.3) is 0 Å². The highest BCUT2D eigenvalue weighted by molar-refractivity contribution is 6.62. The molecule has 1 aliphatic rings. The van der Waals surface area contributed by atoms with Crippen LogP contribution in [0.4, 0.5) is 0 Å². The van der Waals surface area contributed by atoms with Crippen molar-refractivity contribution in [3.05, 3.63) is 23.5 Å². The molecule has 2 rings (SSSR count). The minimum Gasteiger partial charge on any atom is -0.399 e. The Morgan fingerprint density at radius 3 is 2.26 bits per heavy atom. The van der Waals surface area contributed by atoms with Crippen LogP contribution in [0.3, 0.4) is 0 Å². The van der Waals surface area contributed by atoms with Crippen LogP contribution >= 0.6 is 0 Å². The highest BCUT2D eigenvalue weighted by Gasteiger charge is 2.52. The van der Waals surface area contributed by atoms with Crippen LogP contribution in [0.5, 0.6) is 0 Å². The van der Waals surface area contributed by atoms with E-state index in [1.54, 1.807) is 0 Å². The smallest absolute Gasteiger partial charge is 0.399 e. The molecule has 19 heavy (non-hydrogen) atoms. The molecule has 1 saturated heterocycles. The van der Waals surface area contributed by atoms with Gasteiger partial charge >= 0.3 is 7.12 Å². The van der Waals surface area contributed by atoms with Crippen LogP contribution in [0.2, 0.25) is 0 Å². The molecule has 0 N–H and O–H groups in total. The molecule has 2 heterocycles. The summed E-state index contributed by atoms with van der Waals surface area (Å²) in [6, 6.07) is 2.01. The van der Waals surface area contributed by atoms with Crippen molar-refractivity contribution in [3.8, 4) is 0 Å². The van der Waals surface area contributed by atoms with E-state index in [9.17, 15) is 0 Å². The third-order valence-corrected chi connectivity index (χ3v) is 4.34. The lowest BCUT2D eigenvalue weighted by Gasteiger charge is -2.32. The van der Waals surface area contributed by atoms with Crippen molar-refractivity contribution in [1.82, 2.24) is 4.98 Å². The summed E-state index contributed by atoms with van der Waals surface area (Å²) in [6.45, 7) is 12.6. The Bertz CT molecular complexity index is 455. The fraction of sp³-hybridized carbons (Fsp3) is 0.667. The first-order valence-corrected chi connectivity index (χ1v) is 7.08.